The van der Waals surface area contributed by atoms with Crippen LogP contribution in [0.1, 0.15) is 58.4 Å². The largest absolute Gasteiger partial charge is 0.465 e. The number of rotatable bonds is 7. The topological polar surface area (TPSA) is 112 Å². The van der Waals surface area contributed by atoms with E-state index in [9.17, 15) is 19.5 Å². The number of benzene rings is 1. The monoisotopic (exact) mass is 488 g/mol. The third-order valence-corrected chi connectivity index (χ3v) is 7.69. The number of hydrogen-bond acceptors (Lipinski definition) is 5. The summed E-state index contributed by atoms with van der Waals surface area (Å²) >= 11 is 0. The third kappa shape index (κ3) is 4.95. The van der Waals surface area contributed by atoms with Gasteiger partial charge in [-0.25, -0.2) is 15.1 Å². The van der Waals surface area contributed by atoms with Gasteiger partial charge in [0.15, 0.2) is 0 Å². The Morgan fingerprint density at radius 3 is 2.60 bits per heavy atom. The number of nitrogens with one attached hydrogen (secondary N) is 1. The van der Waals surface area contributed by atoms with E-state index < -0.39 is 29.0 Å². The molecule has 3 fully saturated rings. The molecule has 192 valence electrons. The number of amides is 4. The Kier molecular flexibility index (Phi) is 7.23. The third-order valence-electron chi connectivity index (χ3n) is 7.69. The van der Waals surface area contributed by atoms with E-state index in [1.54, 1.807) is 0 Å². The molecule has 2 N–H and O–H groups in total. The Morgan fingerprint density at radius 2 is 1.91 bits per heavy atom. The summed E-state index contributed by atoms with van der Waals surface area (Å²) in [6, 6.07) is 8.55. The van der Waals surface area contributed by atoms with E-state index >= 15 is 0 Å². The number of fused-ring (bicyclic) bond motifs is 2. The van der Waals surface area contributed by atoms with Gasteiger partial charge in [-0.15, -0.1) is 0 Å². The van der Waals surface area contributed by atoms with Gasteiger partial charge >= 0.3 is 12.1 Å². The fourth-order valence-electron chi connectivity index (χ4n) is 5.55. The molecule has 0 aliphatic carbocycles. The van der Waals surface area contributed by atoms with Crippen LogP contribution in [0.15, 0.2) is 30.3 Å². The zero-order valence-corrected chi connectivity index (χ0v) is 20.7. The second-order valence-electron chi connectivity index (χ2n) is 10.7. The molecular formula is C25H36N4O6. The first-order chi connectivity index (χ1) is 16.6. The van der Waals surface area contributed by atoms with Crippen molar-refractivity contribution in [2.24, 2.45) is 5.41 Å². The molecule has 4 rings (SSSR count). The number of hydroxylamine groups is 3. The molecule has 3 atom stereocenters. The van der Waals surface area contributed by atoms with Crippen molar-refractivity contribution in [2.45, 2.75) is 77.1 Å². The highest BCUT2D eigenvalue weighted by Crippen LogP contribution is 2.43. The summed E-state index contributed by atoms with van der Waals surface area (Å²) in [7, 11) is 0. The van der Waals surface area contributed by atoms with Gasteiger partial charge in [0.05, 0.1) is 18.2 Å². The van der Waals surface area contributed by atoms with Gasteiger partial charge in [0, 0.05) is 13.1 Å². The standard InChI is InChI=1S/C25H36N4O6/c1-24(2,3)25(13-7-8-14-28(25)23(32)33)17-34-26-21(30)20-12-11-19-15-27(20)22(31)29(19)35-16-18-9-5-4-6-10-18/h4-6,9-10,19-20H,7-8,11-17H2,1-3H3,(H,26,30)(H,32,33)/t19-,20+,25-/m1/s1. The average Bonchev–Trinajstić information content (AvgIpc) is 3.06. The lowest BCUT2D eigenvalue weighted by molar-refractivity contribution is -0.149. The van der Waals surface area contributed by atoms with Crippen molar-refractivity contribution in [1.29, 1.82) is 0 Å². The molecule has 3 aliphatic rings. The number of piperidine rings is 2. The van der Waals surface area contributed by atoms with Crippen LogP contribution in [0.2, 0.25) is 0 Å². The Balaban J connectivity index is 1.35. The van der Waals surface area contributed by atoms with Crippen LogP contribution in [-0.4, -0.2) is 75.3 Å². The zero-order valence-electron chi connectivity index (χ0n) is 20.7. The summed E-state index contributed by atoms with van der Waals surface area (Å²) in [4.78, 5) is 52.4. The molecule has 0 aromatic heterocycles. The molecular weight excluding hydrogens is 452 g/mol. The summed E-state index contributed by atoms with van der Waals surface area (Å²) in [5.74, 6) is -0.400. The number of likely N-dealkylation sites (tertiary alicyclic amines) is 1. The van der Waals surface area contributed by atoms with E-state index in [-0.39, 0.29) is 25.3 Å². The Morgan fingerprint density at radius 1 is 1.17 bits per heavy atom. The summed E-state index contributed by atoms with van der Waals surface area (Å²) in [6.45, 7) is 7.17. The number of carboxylic acid groups (broad SMARTS) is 1. The second kappa shape index (κ2) is 10.0. The molecule has 10 heteroatoms. The van der Waals surface area contributed by atoms with Crippen molar-refractivity contribution in [2.75, 3.05) is 19.7 Å². The van der Waals surface area contributed by atoms with Crippen LogP contribution in [-0.2, 0) is 21.1 Å². The molecule has 1 aromatic rings. The molecule has 3 saturated heterocycles. The lowest BCUT2D eigenvalue weighted by Gasteiger charge is -2.53. The van der Waals surface area contributed by atoms with Crippen molar-refractivity contribution in [3.8, 4) is 0 Å². The minimum Gasteiger partial charge on any atom is -0.465 e. The molecule has 0 radical (unpaired) electrons. The van der Waals surface area contributed by atoms with E-state index in [0.717, 1.165) is 18.4 Å². The fraction of sp³-hybridized carbons (Fsp3) is 0.640. The van der Waals surface area contributed by atoms with Crippen molar-refractivity contribution in [3.05, 3.63) is 35.9 Å². The van der Waals surface area contributed by atoms with E-state index in [2.05, 4.69) is 5.48 Å². The first-order valence-corrected chi connectivity index (χ1v) is 12.3. The average molecular weight is 489 g/mol. The molecule has 2 bridgehead atoms. The van der Waals surface area contributed by atoms with E-state index in [1.807, 2.05) is 51.1 Å². The number of carbonyl (C=O) groups is 3. The van der Waals surface area contributed by atoms with Gasteiger partial charge in [-0.05, 0) is 43.1 Å². The Labute approximate surface area is 206 Å². The predicted octanol–water partition coefficient (Wildman–Crippen LogP) is 3.38. The summed E-state index contributed by atoms with van der Waals surface area (Å²) in [5, 5.41) is 11.2. The minimum absolute atomic E-state index is 0.0458. The SMILES string of the molecule is CC(C)(C)[C@]1(CONC(=O)[C@@H]2CC[C@@H]3CN2C(=O)N3OCc2ccccc2)CCCCN1C(=O)O. The summed E-state index contributed by atoms with van der Waals surface area (Å²) < 4.78 is 0. The molecule has 3 aliphatic heterocycles. The van der Waals surface area contributed by atoms with E-state index in [4.69, 9.17) is 9.68 Å². The van der Waals surface area contributed by atoms with Gasteiger partial charge in [-0.3, -0.25) is 19.4 Å². The van der Waals surface area contributed by atoms with Crippen molar-refractivity contribution >= 4 is 18.0 Å². The van der Waals surface area contributed by atoms with Crippen LogP contribution in [0.25, 0.3) is 0 Å². The van der Waals surface area contributed by atoms with Crippen molar-refractivity contribution < 1.29 is 29.2 Å². The number of hydrogen-bond donors (Lipinski definition) is 2. The summed E-state index contributed by atoms with van der Waals surface area (Å²) in [5.41, 5.74) is 2.33. The zero-order chi connectivity index (χ0) is 25.2. The highest BCUT2D eigenvalue weighted by molar-refractivity contribution is 5.88. The normalized spacial score (nSPS) is 26.7. The summed E-state index contributed by atoms with van der Waals surface area (Å²) in [6.07, 6.45) is 2.52. The lowest BCUT2D eigenvalue weighted by Crippen LogP contribution is -2.64. The Bertz CT molecular complexity index is 936. The maximum absolute atomic E-state index is 13.0. The molecule has 35 heavy (non-hydrogen) atoms. The van der Waals surface area contributed by atoms with E-state index in [0.29, 0.717) is 32.4 Å². The van der Waals surface area contributed by atoms with Gasteiger partial charge < -0.3 is 10.0 Å². The molecule has 0 spiro atoms. The second-order valence-corrected chi connectivity index (χ2v) is 10.7. The van der Waals surface area contributed by atoms with E-state index in [1.165, 1.54) is 14.9 Å². The van der Waals surface area contributed by atoms with Gasteiger partial charge in [-0.2, -0.15) is 5.06 Å². The number of urea groups is 1. The van der Waals surface area contributed by atoms with Crippen molar-refractivity contribution in [3.63, 3.8) is 0 Å². The number of nitrogens with zero attached hydrogens (tertiary/aromatic N) is 3. The van der Waals surface area contributed by atoms with Gasteiger partial charge in [0.2, 0.25) is 0 Å². The highest BCUT2D eigenvalue weighted by Gasteiger charge is 2.51. The van der Waals surface area contributed by atoms with Gasteiger partial charge in [0.25, 0.3) is 5.91 Å². The maximum Gasteiger partial charge on any atom is 0.407 e. The fourth-order valence-corrected chi connectivity index (χ4v) is 5.55. The minimum atomic E-state index is -0.980. The van der Waals surface area contributed by atoms with Gasteiger partial charge in [0.1, 0.15) is 12.6 Å². The quantitative estimate of drug-likeness (QED) is 0.569. The van der Waals surface area contributed by atoms with Gasteiger partial charge in [-0.1, -0.05) is 51.1 Å². The molecule has 0 unspecified atom stereocenters. The van der Waals surface area contributed by atoms with Crippen LogP contribution >= 0.6 is 0 Å². The lowest BCUT2D eigenvalue weighted by atomic mass is 9.68. The molecule has 1 aromatic carbocycles. The number of carbonyl (C=O) groups excluding carboxylic acids is 2. The van der Waals surface area contributed by atoms with Crippen LogP contribution in [0.3, 0.4) is 0 Å². The van der Waals surface area contributed by atoms with Crippen LogP contribution in [0.5, 0.6) is 0 Å². The Hall–Kier alpha value is -2.85. The maximum atomic E-state index is 13.0. The predicted molar refractivity (Wildman–Crippen MR) is 127 cm³/mol. The van der Waals surface area contributed by atoms with Crippen molar-refractivity contribution in [1.82, 2.24) is 20.3 Å². The smallest absolute Gasteiger partial charge is 0.407 e. The molecule has 10 nitrogen and oxygen atoms in total. The molecule has 3 heterocycles. The van der Waals surface area contributed by atoms with Crippen LogP contribution in [0, 0.1) is 5.41 Å². The molecule has 4 amide bonds. The van der Waals surface area contributed by atoms with Crippen LogP contribution in [0.4, 0.5) is 9.59 Å². The highest BCUT2D eigenvalue weighted by atomic mass is 16.7. The molecule has 0 saturated carbocycles. The first-order valence-electron chi connectivity index (χ1n) is 12.3. The first kappa shape index (κ1) is 25.2. The van der Waals surface area contributed by atoms with Crippen LogP contribution < -0.4 is 5.48 Å².